The van der Waals surface area contributed by atoms with Crippen molar-refractivity contribution in [3.8, 4) is 11.3 Å². The number of aromatic nitrogens is 1. The van der Waals surface area contributed by atoms with Gasteiger partial charge in [0.2, 0.25) is 0 Å². The molecule has 0 spiro atoms. The van der Waals surface area contributed by atoms with Gasteiger partial charge in [-0.15, -0.1) is 0 Å². The van der Waals surface area contributed by atoms with Crippen LogP contribution in [0.5, 0.6) is 0 Å². The number of hydrogen-bond acceptors (Lipinski definition) is 5. The number of aliphatic hydroxyl groups excluding tert-OH is 1. The molecule has 0 fully saturated rings. The van der Waals surface area contributed by atoms with E-state index in [-0.39, 0.29) is 18.1 Å². The molecule has 3 rings (SSSR count). The molecule has 3 aromatic rings. The number of nitrogens with zero attached hydrogens (tertiary/aromatic N) is 1. The molecule has 2 heterocycles. The van der Waals surface area contributed by atoms with Crippen molar-refractivity contribution in [2.45, 2.75) is 13.0 Å². The van der Waals surface area contributed by atoms with Gasteiger partial charge in [0.05, 0.1) is 12.4 Å². The topological polar surface area (TPSA) is 88.5 Å². The molecular weight excluding hydrogens is 296 g/mol. The van der Waals surface area contributed by atoms with Crippen LogP contribution >= 0.6 is 0 Å². The molecule has 6 heteroatoms. The van der Waals surface area contributed by atoms with Crippen molar-refractivity contribution in [1.82, 2.24) is 10.5 Å². The predicted octanol–water partition coefficient (Wildman–Crippen LogP) is 2.71. The van der Waals surface area contributed by atoms with E-state index in [9.17, 15) is 9.90 Å². The van der Waals surface area contributed by atoms with Crippen LogP contribution in [0, 0.1) is 6.92 Å². The maximum Gasteiger partial charge on any atom is 0.273 e. The molecular formula is C17H16N2O4. The van der Waals surface area contributed by atoms with Crippen molar-refractivity contribution in [3.05, 3.63) is 65.7 Å². The van der Waals surface area contributed by atoms with Gasteiger partial charge >= 0.3 is 0 Å². The Labute approximate surface area is 132 Å². The van der Waals surface area contributed by atoms with Gasteiger partial charge in [0.1, 0.15) is 11.5 Å². The summed E-state index contributed by atoms with van der Waals surface area (Å²) >= 11 is 0. The number of carbonyl (C=O) groups excluding carboxylic acids is 1. The maximum atomic E-state index is 11.8. The number of aliphatic hydroxyl groups is 1. The van der Waals surface area contributed by atoms with Gasteiger partial charge in [-0.25, -0.2) is 0 Å². The third-order valence-electron chi connectivity index (χ3n) is 3.42. The summed E-state index contributed by atoms with van der Waals surface area (Å²) in [5, 5.41) is 16.4. The average Bonchev–Trinajstić information content (AvgIpc) is 3.24. The highest BCUT2D eigenvalue weighted by Crippen LogP contribution is 2.22. The van der Waals surface area contributed by atoms with Crippen LogP contribution in [0.25, 0.3) is 11.3 Å². The third kappa shape index (κ3) is 3.49. The van der Waals surface area contributed by atoms with Gasteiger partial charge in [-0.05, 0) is 24.6 Å². The number of amides is 1. The molecule has 0 bridgehead atoms. The molecule has 0 aliphatic carbocycles. The summed E-state index contributed by atoms with van der Waals surface area (Å²) in [5.41, 5.74) is 1.83. The second-order valence-electron chi connectivity index (χ2n) is 5.15. The van der Waals surface area contributed by atoms with Crippen LogP contribution in [0.3, 0.4) is 0 Å². The van der Waals surface area contributed by atoms with Crippen molar-refractivity contribution >= 4 is 5.91 Å². The minimum Gasteiger partial charge on any atom is -0.464 e. The van der Waals surface area contributed by atoms with Crippen LogP contribution < -0.4 is 5.32 Å². The first kappa shape index (κ1) is 15.1. The fourth-order valence-electron chi connectivity index (χ4n) is 2.18. The molecule has 1 atom stereocenters. The molecule has 1 unspecified atom stereocenters. The lowest BCUT2D eigenvalue weighted by atomic mass is 10.1. The Morgan fingerprint density at radius 3 is 2.70 bits per heavy atom. The normalized spacial score (nSPS) is 12.1. The molecule has 1 aromatic carbocycles. The molecule has 0 aliphatic rings. The largest absolute Gasteiger partial charge is 0.464 e. The summed E-state index contributed by atoms with van der Waals surface area (Å²) < 4.78 is 10.2. The fourth-order valence-corrected chi connectivity index (χ4v) is 2.18. The van der Waals surface area contributed by atoms with E-state index in [1.54, 1.807) is 31.4 Å². The summed E-state index contributed by atoms with van der Waals surface area (Å²) in [4.78, 5) is 11.8. The maximum absolute atomic E-state index is 11.8. The molecule has 1 amide bonds. The lowest BCUT2D eigenvalue weighted by Crippen LogP contribution is -2.28. The Morgan fingerprint density at radius 2 is 2.09 bits per heavy atom. The van der Waals surface area contributed by atoms with E-state index in [4.69, 9.17) is 8.94 Å². The van der Waals surface area contributed by atoms with E-state index in [0.29, 0.717) is 11.3 Å². The molecule has 0 radical (unpaired) electrons. The highest BCUT2D eigenvalue weighted by atomic mass is 16.5. The van der Waals surface area contributed by atoms with Crippen LogP contribution in [-0.4, -0.2) is 22.7 Å². The zero-order valence-electron chi connectivity index (χ0n) is 12.5. The quantitative estimate of drug-likeness (QED) is 0.756. The number of nitrogens with one attached hydrogen (secondary N) is 1. The van der Waals surface area contributed by atoms with Crippen LogP contribution in [0.15, 0.2) is 57.7 Å². The number of furan rings is 1. The van der Waals surface area contributed by atoms with Gasteiger partial charge in [0, 0.05) is 18.2 Å². The average molecular weight is 312 g/mol. The van der Waals surface area contributed by atoms with Crippen LogP contribution in [-0.2, 0) is 0 Å². The van der Waals surface area contributed by atoms with Crippen LogP contribution in [0.1, 0.15) is 27.9 Å². The first-order valence-electron chi connectivity index (χ1n) is 7.17. The summed E-state index contributed by atoms with van der Waals surface area (Å²) in [6.07, 6.45) is 0.803. The van der Waals surface area contributed by atoms with E-state index in [2.05, 4.69) is 10.5 Å². The van der Waals surface area contributed by atoms with Gasteiger partial charge in [-0.2, -0.15) is 0 Å². The van der Waals surface area contributed by atoms with Crippen LogP contribution in [0.4, 0.5) is 0 Å². The molecule has 6 nitrogen and oxygen atoms in total. The van der Waals surface area contributed by atoms with Crippen molar-refractivity contribution in [1.29, 1.82) is 0 Å². The van der Waals surface area contributed by atoms with Gasteiger partial charge in [0.25, 0.3) is 5.91 Å². The van der Waals surface area contributed by atoms with Gasteiger partial charge in [0.15, 0.2) is 5.69 Å². The minimum absolute atomic E-state index is 0.0881. The first-order chi connectivity index (χ1) is 11.1. The SMILES string of the molecule is Cc1cc(C(=O)NCC(O)c2ccc(-c3ccco3)cc2)no1. The zero-order valence-corrected chi connectivity index (χ0v) is 12.5. The Morgan fingerprint density at radius 1 is 1.30 bits per heavy atom. The molecule has 0 saturated carbocycles. The Bertz CT molecular complexity index is 775. The van der Waals surface area contributed by atoms with Crippen LogP contribution in [0.2, 0.25) is 0 Å². The first-order valence-corrected chi connectivity index (χ1v) is 7.17. The van der Waals surface area contributed by atoms with Crippen molar-refractivity contribution in [2.75, 3.05) is 6.54 Å². The third-order valence-corrected chi connectivity index (χ3v) is 3.42. The molecule has 2 N–H and O–H groups in total. The minimum atomic E-state index is -0.808. The number of benzene rings is 1. The Kier molecular flexibility index (Phi) is 4.25. The molecule has 23 heavy (non-hydrogen) atoms. The monoisotopic (exact) mass is 312 g/mol. The zero-order chi connectivity index (χ0) is 16.2. The van der Waals surface area contributed by atoms with E-state index >= 15 is 0 Å². The molecule has 0 saturated heterocycles. The number of aryl methyl sites for hydroxylation is 1. The molecule has 2 aromatic heterocycles. The molecule has 0 aliphatic heterocycles. The van der Waals surface area contributed by atoms with Crippen molar-refractivity contribution < 1.29 is 18.8 Å². The second-order valence-corrected chi connectivity index (χ2v) is 5.15. The number of hydrogen-bond donors (Lipinski definition) is 2. The Hall–Kier alpha value is -2.86. The smallest absolute Gasteiger partial charge is 0.273 e. The summed E-state index contributed by atoms with van der Waals surface area (Å²) in [5.74, 6) is 0.943. The second kappa shape index (κ2) is 6.50. The van der Waals surface area contributed by atoms with Gasteiger partial charge < -0.3 is 19.4 Å². The van der Waals surface area contributed by atoms with Crippen molar-refractivity contribution in [2.24, 2.45) is 0 Å². The number of carbonyl (C=O) groups is 1. The number of rotatable bonds is 5. The summed E-state index contributed by atoms with van der Waals surface area (Å²) in [7, 11) is 0. The lowest BCUT2D eigenvalue weighted by molar-refractivity contribution is 0.0907. The van der Waals surface area contributed by atoms with Gasteiger partial charge in [-0.3, -0.25) is 4.79 Å². The van der Waals surface area contributed by atoms with E-state index in [1.165, 1.54) is 0 Å². The standard InChI is InChI=1S/C17H16N2O4/c1-11-9-14(19-23-11)17(21)18-10-15(20)12-4-6-13(7-5-12)16-3-2-8-22-16/h2-9,15,20H,10H2,1H3,(H,18,21). The Balaban J connectivity index is 1.60. The predicted molar refractivity (Wildman–Crippen MR) is 82.7 cm³/mol. The lowest BCUT2D eigenvalue weighted by Gasteiger charge is -2.12. The van der Waals surface area contributed by atoms with E-state index < -0.39 is 6.10 Å². The summed E-state index contributed by atoms with van der Waals surface area (Å²) in [6.45, 7) is 1.80. The van der Waals surface area contributed by atoms with E-state index in [1.807, 2.05) is 24.3 Å². The highest BCUT2D eigenvalue weighted by Gasteiger charge is 2.14. The molecule has 118 valence electrons. The fraction of sp³-hybridized carbons (Fsp3) is 0.176. The van der Waals surface area contributed by atoms with E-state index in [0.717, 1.165) is 11.3 Å². The summed E-state index contributed by atoms with van der Waals surface area (Å²) in [6, 6.07) is 12.6. The van der Waals surface area contributed by atoms with Gasteiger partial charge in [-0.1, -0.05) is 29.4 Å². The van der Waals surface area contributed by atoms with Crippen molar-refractivity contribution in [3.63, 3.8) is 0 Å². The highest BCUT2D eigenvalue weighted by molar-refractivity contribution is 5.92.